The van der Waals surface area contributed by atoms with Gasteiger partial charge in [0, 0.05) is 23.5 Å². The van der Waals surface area contributed by atoms with E-state index in [2.05, 4.69) is 0 Å². The number of carbonyl (C=O) groups is 2. The Labute approximate surface area is 158 Å². The lowest BCUT2D eigenvalue weighted by Gasteiger charge is -2.21. The fourth-order valence-electron chi connectivity index (χ4n) is 2.65. The summed E-state index contributed by atoms with van der Waals surface area (Å²) in [6.07, 6.45) is 0. The highest BCUT2D eigenvalue weighted by Crippen LogP contribution is 2.39. The van der Waals surface area contributed by atoms with Crippen LogP contribution in [0.5, 0.6) is 0 Å². The number of carbonyl (C=O) groups excluding carboxylic acids is 2. The predicted molar refractivity (Wildman–Crippen MR) is 99.9 cm³/mol. The molecule has 1 N–H and O–H groups in total. The molecular weight excluding hydrogens is 383 g/mol. The summed E-state index contributed by atoms with van der Waals surface area (Å²) >= 11 is 13.6. The molecule has 2 aromatic rings. The zero-order valence-electron chi connectivity index (χ0n) is 13.2. The van der Waals surface area contributed by atoms with Crippen molar-refractivity contribution in [3.05, 3.63) is 56.3 Å². The normalized spacial score (nSPS) is 14.6. The monoisotopic (exact) mass is 396 g/mol. The summed E-state index contributed by atoms with van der Waals surface area (Å²) in [6, 6.07) is 8.20. The first-order valence-corrected chi connectivity index (χ1v) is 9.03. The van der Waals surface area contributed by atoms with Crippen molar-refractivity contribution >= 4 is 57.6 Å². The topological polar surface area (TPSA) is 60.9 Å². The van der Waals surface area contributed by atoms with E-state index in [-0.39, 0.29) is 29.6 Å². The molecule has 0 spiro atoms. The third kappa shape index (κ3) is 3.18. The quantitative estimate of drug-likeness (QED) is 0.787. The van der Waals surface area contributed by atoms with Crippen molar-refractivity contribution in [1.29, 1.82) is 0 Å². The number of anilines is 1. The molecule has 0 atom stereocenters. The van der Waals surface area contributed by atoms with E-state index < -0.39 is 11.8 Å². The van der Waals surface area contributed by atoms with Crippen LogP contribution in [0.4, 0.5) is 5.69 Å². The van der Waals surface area contributed by atoms with Crippen molar-refractivity contribution < 1.29 is 14.7 Å². The van der Waals surface area contributed by atoms with Crippen molar-refractivity contribution in [2.45, 2.75) is 0 Å². The molecule has 0 saturated carbocycles. The van der Waals surface area contributed by atoms with E-state index >= 15 is 0 Å². The molecule has 25 heavy (non-hydrogen) atoms. The number of benzene rings is 1. The first-order chi connectivity index (χ1) is 12.0. The number of amides is 2. The molecule has 1 aliphatic rings. The molecular formula is C17H14Cl2N2O3S. The number of imide groups is 1. The molecule has 3 rings (SSSR count). The highest BCUT2D eigenvalue weighted by molar-refractivity contribution is 7.11. The van der Waals surface area contributed by atoms with Crippen LogP contribution in [0.3, 0.4) is 0 Å². The number of thiophene rings is 1. The number of aliphatic hydroxyl groups excluding tert-OH is 1. The summed E-state index contributed by atoms with van der Waals surface area (Å²) < 4.78 is 0. The molecule has 0 fully saturated rings. The first kappa shape index (κ1) is 17.9. The lowest BCUT2D eigenvalue weighted by molar-refractivity contribution is -0.120. The average molecular weight is 397 g/mol. The van der Waals surface area contributed by atoms with Crippen LogP contribution in [0.25, 0.3) is 5.57 Å². The fraction of sp³-hybridized carbons (Fsp3) is 0.176. The van der Waals surface area contributed by atoms with Crippen LogP contribution >= 0.6 is 34.5 Å². The van der Waals surface area contributed by atoms with Gasteiger partial charge in [-0.15, -0.1) is 11.3 Å². The van der Waals surface area contributed by atoms with Gasteiger partial charge in [0.1, 0.15) is 5.70 Å². The number of nitrogens with zero attached hydrogens (tertiary/aromatic N) is 2. The molecule has 0 unspecified atom stereocenters. The van der Waals surface area contributed by atoms with E-state index in [1.165, 1.54) is 17.4 Å². The molecule has 0 bridgehead atoms. The van der Waals surface area contributed by atoms with E-state index in [0.717, 1.165) is 4.90 Å². The van der Waals surface area contributed by atoms with Gasteiger partial charge in [-0.2, -0.15) is 0 Å². The minimum absolute atomic E-state index is 0.142. The van der Waals surface area contributed by atoms with Gasteiger partial charge < -0.3 is 10.0 Å². The van der Waals surface area contributed by atoms with Crippen LogP contribution in [0.2, 0.25) is 10.0 Å². The lowest BCUT2D eigenvalue weighted by atomic mass is 10.2. The largest absolute Gasteiger partial charge is 0.395 e. The minimum Gasteiger partial charge on any atom is -0.395 e. The Balaban J connectivity index is 2.14. The van der Waals surface area contributed by atoms with Gasteiger partial charge in [-0.1, -0.05) is 29.3 Å². The smallest absolute Gasteiger partial charge is 0.282 e. The maximum absolute atomic E-state index is 13.1. The van der Waals surface area contributed by atoms with Gasteiger partial charge in [0.15, 0.2) is 0 Å². The summed E-state index contributed by atoms with van der Waals surface area (Å²) in [5.41, 5.74) is 0.773. The summed E-state index contributed by atoms with van der Waals surface area (Å²) in [6.45, 7) is 0.0808. The number of rotatable bonds is 5. The molecule has 2 heterocycles. The maximum Gasteiger partial charge on any atom is 0.282 e. The van der Waals surface area contributed by atoms with Gasteiger partial charge >= 0.3 is 0 Å². The van der Waals surface area contributed by atoms with E-state index in [4.69, 9.17) is 23.2 Å². The van der Waals surface area contributed by atoms with E-state index in [1.54, 1.807) is 30.1 Å². The fourth-order valence-corrected chi connectivity index (χ4v) is 3.78. The van der Waals surface area contributed by atoms with Crippen LogP contribution in [0.1, 0.15) is 4.88 Å². The van der Waals surface area contributed by atoms with Crippen LogP contribution in [0, 0.1) is 0 Å². The highest BCUT2D eigenvalue weighted by Gasteiger charge is 2.42. The lowest BCUT2D eigenvalue weighted by Crippen LogP contribution is -2.35. The maximum atomic E-state index is 13.1. The average Bonchev–Trinajstić information content (AvgIpc) is 3.17. The predicted octanol–water partition coefficient (Wildman–Crippen LogP) is 3.26. The molecule has 0 aliphatic carbocycles. The minimum atomic E-state index is -0.492. The zero-order valence-corrected chi connectivity index (χ0v) is 15.5. The second kappa shape index (κ2) is 7.17. The molecule has 5 nitrogen and oxygen atoms in total. The second-order valence-electron chi connectivity index (χ2n) is 5.39. The molecule has 1 aromatic heterocycles. The van der Waals surface area contributed by atoms with Crippen LogP contribution < -0.4 is 4.90 Å². The standard InChI is InChI=1S/C17H14Cl2N2O3S/c1-20(6-7-22)15-14(13-3-2-8-25-13)16(23)21(17(15)24)12-9-10(18)4-5-11(12)19/h2-5,8-9,22H,6-7H2,1H3. The Morgan fingerprint density at radius 2 is 1.96 bits per heavy atom. The summed E-state index contributed by atoms with van der Waals surface area (Å²) in [5, 5.41) is 11.7. The number of hydrogen-bond donors (Lipinski definition) is 1. The third-order valence-electron chi connectivity index (χ3n) is 3.79. The van der Waals surface area contributed by atoms with Gasteiger partial charge in [-0.3, -0.25) is 9.59 Å². The van der Waals surface area contributed by atoms with E-state index in [1.807, 2.05) is 11.4 Å². The Kier molecular flexibility index (Phi) is 5.15. The van der Waals surface area contributed by atoms with Crippen LogP contribution in [0.15, 0.2) is 41.4 Å². The number of hydrogen-bond acceptors (Lipinski definition) is 5. The number of likely N-dealkylation sites (N-methyl/N-ethyl adjacent to an activating group) is 1. The molecule has 1 aliphatic heterocycles. The van der Waals surface area contributed by atoms with Gasteiger partial charge in [0.25, 0.3) is 11.8 Å². The van der Waals surface area contributed by atoms with Crippen molar-refractivity contribution in [2.24, 2.45) is 0 Å². The summed E-state index contributed by atoms with van der Waals surface area (Å²) in [5.74, 6) is -0.954. The first-order valence-electron chi connectivity index (χ1n) is 7.39. The molecule has 0 saturated heterocycles. The highest BCUT2D eigenvalue weighted by atomic mass is 35.5. The molecule has 8 heteroatoms. The third-order valence-corrected chi connectivity index (χ3v) is 5.24. The summed E-state index contributed by atoms with van der Waals surface area (Å²) in [4.78, 5) is 29.4. The Hall–Kier alpha value is -1.86. The van der Waals surface area contributed by atoms with E-state index in [0.29, 0.717) is 15.5 Å². The summed E-state index contributed by atoms with van der Waals surface area (Å²) in [7, 11) is 1.66. The molecule has 130 valence electrons. The number of halogens is 2. The van der Waals surface area contributed by atoms with Crippen LogP contribution in [-0.2, 0) is 9.59 Å². The zero-order chi connectivity index (χ0) is 18.1. The van der Waals surface area contributed by atoms with Gasteiger partial charge in [-0.05, 0) is 29.6 Å². The van der Waals surface area contributed by atoms with Gasteiger partial charge in [-0.25, -0.2) is 4.90 Å². The van der Waals surface area contributed by atoms with Crippen molar-refractivity contribution in [3.8, 4) is 0 Å². The Morgan fingerprint density at radius 1 is 1.20 bits per heavy atom. The van der Waals surface area contributed by atoms with Crippen LogP contribution in [-0.4, -0.2) is 42.0 Å². The molecule has 2 amide bonds. The Bertz CT molecular complexity index is 865. The van der Waals surface area contributed by atoms with Crippen molar-refractivity contribution in [2.75, 3.05) is 25.1 Å². The Morgan fingerprint density at radius 3 is 2.60 bits per heavy atom. The van der Waals surface area contributed by atoms with Crippen molar-refractivity contribution in [3.63, 3.8) is 0 Å². The molecule has 0 radical (unpaired) electrons. The van der Waals surface area contributed by atoms with Gasteiger partial charge in [0.2, 0.25) is 0 Å². The second-order valence-corrected chi connectivity index (χ2v) is 7.18. The number of aliphatic hydroxyl groups is 1. The van der Waals surface area contributed by atoms with Crippen molar-refractivity contribution in [1.82, 2.24) is 4.90 Å². The van der Waals surface area contributed by atoms with E-state index in [9.17, 15) is 14.7 Å². The van der Waals surface area contributed by atoms with Gasteiger partial charge in [0.05, 0.1) is 22.9 Å². The molecule has 1 aromatic carbocycles. The SMILES string of the molecule is CN(CCO)C1=C(c2cccs2)C(=O)N(c2cc(Cl)ccc2Cl)C1=O.